The molecule has 9 nitrogen and oxygen atoms in total. The number of hydrogen-bond donors (Lipinski definition) is 3. The molecule has 4 rings (SSSR count). The molecule has 1 aliphatic heterocycles. The van der Waals surface area contributed by atoms with Crippen LogP contribution < -0.4 is 16.4 Å². The largest absolute Gasteiger partial charge is 0.397 e. The van der Waals surface area contributed by atoms with E-state index in [1.165, 1.54) is 0 Å². The molecule has 2 amide bonds. The van der Waals surface area contributed by atoms with E-state index in [-0.39, 0.29) is 11.8 Å². The van der Waals surface area contributed by atoms with Gasteiger partial charge >= 0.3 is 0 Å². The number of nitrogens with one attached hydrogen (secondary N) is 2. The van der Waals surface area contributed by atoms with Gasteiger partial charge in [-0.1, -0.05) is 24.3 Å². The number of carbonyl (C=O) groups is 2. The number of likely N-dealkylation sites (N-methyl/N-ethyl adjacent to an activating group) is 1. The Balaban J connectivity index is 1.22. The second-order valence-electron chi connectivity index (χ2n) is 8.92. The Kier molecular flexibility index (Phi) is 8.12. The number of rotatable bonds is 9. The fourth-order valence-corrected chi connectivity index (χ4v) is 4.00. The maximum absolute atomic E-state index is 12.5. The van der Waals surface area contributed by atoms with Crippen molar-refractivity contribution in [2.24, 2.45) is 0 Å². The van der Waals surface area contributed by atoms with E-state index in [2.05, 4.69) is 32.6 Å². The van der Waals surface area contributed by atoms with Crippen molar-refractivity contribution in [3.63, 3.8) is 0 Å². The molecular formula is C26H33N7O2. The SMILES string of the molecule is CN1CCN(CCCNC(=O)c2cnn(Cc3ccc(C(=O)Nc4ccccc4N)cc3)c2)CC1. The van der Waals surface area contributed by atoms with Crippen molar-refractivity contribution in [1.82, 2.24) is 24.9 Å². The molecule has 4 N–H and O–H groups in total. The van der Waals surface area contributed by atoms with Crippen LogP contribution in [-0.2, 0) is 6.54 Å². The Morgan fingerprint density at radius 1 is 0.971 bits per heavy atom. The van der Waals surface area contributed by atoms with Gasteiger partial charge in [0.1, 0.15) is 0 Å². The van der Waals surface area contributed by atoms with Crippen molar-refractivity contribution in [2.45, 2.75) is 13.0 Å². The highest BCUT2D eigenvalue weighted by atomic mass is 16.2. The van der Waals surface area contributed by atoms with Crippen LogP contribution in [0.2, 0.25) is 0 Å². The van der Waals surface area contributed by atoms with Gasteiger partial charge in [0, 0.05) is 44.5 Å². The molecule has 0 unspecified atom stereocenters. The van der Waals surface area contributed by atoms with Gasteiger partial charge in [0.2, 0.25) is 0 Å². The lowest BCUT2D eigenvalue weighted by Crippen LogP contribution is -2.45. The van der Waals surface area contributed by atoms with Gasteiger partial charge < -0.3 is 26.2 Å². The fourth-order valence-electron chi connectivity index (χ4n) is 4.00. The number of anilines is 2. The molecule has 0 spiro atoms. The van der Waals surface area contributed by atoms with Crippen LogP contribution in [0.4, 0.5) is 11.4 Å². The van der Waals surface area contributed by atoms with Crippen LogP contribution in [0.25, 0.3) is 0 Å². The number of amides is 2. The second kappa shape index (κ2) is 11.6. The highest BCUT2D eigenvalue weighted by molar-refractivity contribution is 6.05. The zero-order valence-corrected chi connectivity index (χ0v) is 20.1. The van der Waals surface area contributed by atoms with E-state index in [1.807, 2.05) is 24.3 Å². The van der Waals surface area contributed by atoms with Crippen molar-refractivity contribution in [1.29, 1.82) is 0 Å². The molecule has 1 aromatic heterocycles. The normalized spacial score (nSPS) is 14.5. The van der Waals surface area contributed by atoms with Crippen LogP contribution in [0.15, 0.2) is 60.9 Å². The number of nitrogens with two attached hydrogens (primary N) is 1. The van der Waals surface area contributed by atoms with Crippen molar-refractivity contribution in [3.8, 4) is 0 Å². The first-order chi connectivity index (χ1) is 17.0. The summed E-state index contributed by atoms with van der Waals surface area (Å²) in [6, 6.07) is 14.4. The predicted octanol–water partition coefficient (Wildman–Crippen LogP) is 2.13. The van der Waals surface area contributed by atoms with Gasteiger partial charge in [-0.3, -0.25) is 14.3 Å². The Labute approximate surface area is 205 Å². The van der Waals surface area contributed by atoms with Crippen LogP contribution in [0.3, 0.4) is 0 Å². The third-order valence-corrected chi connectivity index (χ3v) is 6.20. The van der Waals surface area contributed by atoms with Crippen LogP contribution in [0.1, 0.15) is 32.7 Å². The van der Waals surface area contributed by atoms with Gasteiger partial charge in [-0.05, 0) is 49.8 Å². The number of benzene rings is 2. The van der Waals surface area contributed by atoms with Crippen molar-refractivity contribution >= 4 is 23.2 Å². The Morgan fingerprint density at radius 3 is 2.46 bits per heavy atom. The summed E-state index contributed by atoms with van der Waals surface area (Å²) >= 11 is 0. The zero-order valence-electron chi connectivity index (χ0n) is 20.1. The predicted molar refractivity (Wildman–Crippen MR) is 137 cm³/mol. The number of hydrogen-bond acceptors (Lipinski definition) is 6. The molecule has 2 aromatic carbocycles. The third-order valence-electron chi connectivity index (χ3n) is 6.20. The minimum absolute atomic E-state index is 0.109. The van der Waals surface area contributed by atoms with E-state index >= 15 is 0 Å². The van der Waals surface area contributed by atoms with Gasteiger partial charge in [-0.15, -0.1) is 0 Å². The maximum Gasteiger partial charge on any atom is 0.255 e. The average molecular weight is 476 g/mol. The first-order valence-electron chi connectivity index (χ1n) is 11.9. The summed E-state index contributed by atoms with van der Waals surface area (Å²) in [7, 11) is 2.15. The Morgan fingerprint density at radius 2 is 1.71 bits per heavy atom. The second-order valence-corrected chi connectivity index (χ2v) is 8.92. The summed E-state index contributed by atoms with van der Waals surface area (Å²) in [5.74, 6) is -0.332. The molecule has 1 aliphatic rings. The topological polar surface area (TPSA) is 109 Å². The van der Waals surface area contributed by atoms with Crippen LogP contribution in [0.5, 0.6) is 0 Å². The molecule has 0 aliphatic carbocycles. The summed E-state index contributed by atoms with van der Waals surface area (Å²) in [6.45, 7) is 6.53. The molecule has 0 atom stereocenters. The summed E-state index contributed by atoms with van der Waals surface area (Å²) in [4.78, 5) is 29.7. The first-order valence-corrected chi connectivity index (χ1v) is 11.9. The van der Waals surface area contributed by atoms with Crippen molar-refractivity contribution < 1.29 is 9.59 Å². The molecule has 0 radical (unpaired) electrons. The number of nitrogens with zero attached hydrogens (tertiary/aromatic N) is 4. The summed E-state index contributed by atoms with van der Waals surface area (Å²) in [5, 5.41) is 10.1. The third kappa shape index (κ3) is 6.91. The minimum Gasteiger partial charge on any atom is -0.397 e. The van der Waals surface area contributed by atoms with Gasteiger partial charge in [-0.25, -0.2) is 0 Å². The van der Waals surface area contributed by atoms with Gasteiger partial charge in [0.15, 0.2) is 0 Å². The van der Waals surface area contributed by atoms with E-state index in [1.54, 1.807) is 41.3 Å². The molecule has 35 heavy (non-hydrogen) atoms. The molecule has 3 aromatic rings. The van der Waals surface area contributed by atoms with Crippen molar-refractivity contribution in [3.05, 3.63) is 77.6 Å². The summed E-state index contributed by atoms with van der Waals surface area (Å²) < 4.78 is 1.72. The molecule has 184 valence electrons. The number of carbonyl (C=O) groups excluding carboxylic acids is 2. The lowest BCUT2D eigenvalue weighted by Gasteiger charge is -2.32. The lowest BCUT2D eigenvalue weighted by molar-refractivity contribution is 0.0948. The maximum atomic E-state index is 12.5. The number of piperazine rings is 1. The smallest absolute Gasteiger partial charge is 0.255 e. The lowest BCUT2D eigenvalue weighted by atomic mass is 10.1. The summed E-state index contributed by atoms with van der Waals surface area (Å²) in [5.41, 5.74) is 9.05. The highest BCUT2D eigenvalue weighted by Crippen LogP contribution is 2.18. The van der Waals surface area contributed by atoms with Crippen LogP contribution in [-0.4, -0.2) is 77.7 Å². The van der Waals surface area contributed by atoms with E-state index in [9.17, 15) is 9.59 Å². The quantitative estimate of drug-likeness (QED) is 0.323. The average Bonchev–Trinajstić information content (AvgIpc) is 3.33. The molecule has 0 bridgehead atoms. The van der Waals surface area contributed by atoms with E-state index in [0.29, 0.717) is 35.6 Å². The Hall–Kier alpha value is -3.69. The molecule has 1 fully saturated rings. The molecule has 2 heterocycles. The first kappa shape index (κ1) is 24.4. The standard InChI is InChI=1S/C26H33N7O2/c1-31-13-15-32(16-14-31)12-4-11-28-25(34)22-17-29-33(19-22)18-20-7-9-21(10-8-20)26(35)30-24-6-3-2-5-23(24)27/h2-3,5-10,17,19H,4,11-16,18,27H2,1H3,(H,28,34)(H,30,35). The van der Waals surface area contributed by atoms with Gasteiger partial charge in [-0.2, -0.15) is 5.10 Å². The van der Waals surface area contributed by atoms with E-state index < -0.39 is 0 Å². The number of para-hydroxylation sites is 2. The van der Waals surface area contributed by atoms with Crippen LogP contribution in [0, 0.1) is 0 Å². The van der Waals surface area contributed by atoms with Crippen LogP contribution >= 0.6 is 0 Å². The number of aromatic nitrogens is 2. The molecule has 9 heteroatoms. The Bertz CT molecular complexity index is 1130. The summed E-state index contributed by atoms with van der Waals surface area (Å²) in [6.07, 6.45) is 4.26. The minimum atomic E-state index is -0.222. The van der Waals surface area contributed by atoms with E-state index in [0.717, 1.165) is 44.7 Å². The molecule has 1 saturated heterocycles. The zero-order chi connectivity index (χ0) is 24.6. The highest BCUT2D eigenvalue weighted by Gasteiger charge is 2.14. The van der Waals surface area contributed by atoms with Crippen molar-refractivity contribution in [2.75, 3.05) is 57.4 Å². The number of nitrogen functional groups attached to an aromatic ring is 1. The monoisotopic (exact) mass is 475 g/mol. The fraction of sp³-hybridized carbons (Fsp3) is 0.346. The molecule has 0 saturated carbocycles. The van der Waals surface area contributed by atoms with Gasteiger partial charge in [0.25, 0.3) is 11.8 Å². The van der Waals surface area contributed by atoms with E-state index in [4.69, 9.17) is 5.73 Å². The van der Waals surface area contributed by atoms with Gasteiger partial charge in [0.05, 0.1) is 29.7 Å². The molecular weight excluding hydrogens is 442 g/mol.